The monoisotopic (exact) mass is 371 g/mol. The SMILES string of the molecule is NC(=O)c1ccc(Oc2ncc(CNCCc3ccc(F)cc3)s2)cc1. The number of nitrogens with two attached hydrogens (primary N) is 1. The molecule has 3 aromatic rings. The summed E-state index contributed by atoms with van der Waals surface area (Å²) in [6, 6.07) is 13.1. The van der Waals surface area contributed by atoms with Gasteiger partial charge in [-0.25, -0.2) is 9.37 Å². The Morgan fingerprint density at radius 2 is 1.88 bits per heavy atom. The van der Waals surface area contributed by atoms with E-state index in [9.17, 15) is 9.18 Å². The lowest BCUT2D eigenvalue weighted by Gasteiger charge is -2.03. The van der Waals surface area contributed by atoms with Crippen LogP contribution in [0, 0.1) is 5.82 Å². The Bertz CT molecular complexity index is 863. The third kappa shape index (κ3) is 5.11. The fourth-order valence-corrected chi connectivity index (χ4v) is 3.05. The molecule has 0 fully saturated rings. The first-order chi connectivity index (χ1) is 12.6. The molecule has 0 aliphatic rings. The fraction of sp³-hybridized carbons (Fsp3) is 0.158. The smallest absolute Gasteiger partial charge is 0.278 e. The van der Waals surface area contributed by atoms with E-state index < -0.39 is 5.91 Å². The minimum atomic E-state index is -0.472. The predicted octanol–water partition coefficient (Wildman–Crippen LogP) is 3.51. The number of aromatic nitrogens is 1. The average Bonchev–Trinajstić information content (AvgIpc) is 3.08. The van der Waals surface area contributed by atoms with Crippen molar-refractivity contribution in [3.05, 3.63) is 76.5 Å². The maximum atomic E-state index is 12.9. The topological polar surface area (TPSA) is 77.2 Å². The number of ether oxygens (including phenoxy) is 1. The highest BCUT2D eigenvalue weighted by Crippen LogP contribution is 2.26. The lowest BCUT2D eigenvalue weighted by atomic mass is 10.1. The van der Waals surface area contributed by atoms with Gasteiger partial charge in [-0.15, -0.1) is 0 Å². The van der Waals surface area contributed by atoms with Gasteiger partial charge in [0.15, 0.2) is 0 Å². The largest absolute Gasteiger partial charge is 0.431 e. The highest BCUT2D eigenvalue weighted by molar-refractivity contribution is 7.13. The van der Waals surface area contributed by atoms with Crippen LogP contribution in [0.25, 0.3) is 0 Å². The number of rotatable bonds is 8. The zero-order valence-electron chi connectivity index (χ0n) is 13.9. The van der Waals surface area contributed by atoms with E-state index >= 15 is 0 Å². The molecule has 26 heavy (non-hydrogen) atoms. The molecule has 1 aromatic heterocycles. The van der Waals surface area contributed by atoms with Gasteiger partial charge >= 0.3 is 0 Å². The molecule has 5 nitrogen and oxygen atoms in total. The predicted molar refractivity (Wildman–Crippen MR) is 99.0 cm³/mol. The molecule has 0 saturated heterocycles. The molecule has 0 aliphatic carbocycles. The Labute approximate surface area is 154 Å². The minimum Gasteiger partial charge on any atom is -0.431 e. The summed E-state index contributed by atoms with van der Waals surface area (Å²) < 4.78 is 18.5. The zero-order chi connectivity index (χ0) is 18.4. The molecule has 0 radical (unpaired) electrons. The Morgan fingerprint density at radius 3 is 2.58 bits per heavy atom. The van der Waals surface area contributed by atoms with E-state index in [1.165, 1.54) is 23.5 Å². The molecular weight excluding hydrogens is 353 g/mol. The van der Waals surface area contributed by atoms with Crippen LogP contribution in [0.15, 0.2) is 54.7 Å². The molecule has 134 valence electrons. The summed E-state index contributed by atoms with van der Waals surface area (Å²) in [6.07, 6.45) is 2.59. The zero-order valence-corrected chi connectivity index (χ0v) is 14.8. The molecule has 1 heterocycles. The number of benzene rings is 2. The molecule has 0 spiro atoms. The van der Waals surface area contributed by atoms with Gasteiger partial charge in [0.2, 0.25) is 5.91 Å². The van der Waals surface area contributed by atoms with Gasteiger partial charge in [0.05, 0.1) is 0 Å². The van der Waals surface area contributed by atoms with Crippen molar-refractivity contribution in [2.45, 2.75) is 13.0 Å². The molecule has 3 rings (SSSR count). The first-order valence-corrected chi connectivity index (χ1v) is 8.89. The number of primary amides is 1. The van der Waals surface area contributed by atoms with E-state index in [2.05, 4.69) is 10.3 Å². The number of hydrogen-bond donors (Lipinski definition) is 2. The molecule has 0 saturated carbocycles. The molecule has 0 aliphatic heterocycles. The average molecular weight is 371 g/mol. The number of hydrogen-bond acceptors (Lipinski definition) is 5. The van der Waals surface area contributed by atoms with E-state index in [-0.39, 0.29) is 5.82 Å². The summed E-state index contributed by atoms with van der Waals surface area (Å²) in [7, 11) is 0. The summed E-state index contributed by atoms with van der Waals surface area (Å²) in [6.45, 7) is 1.47. The molecule has 7 heteroatoms. The third-order valence-corrected chi connectivity index (χ3v) is 4.55. The Hall–Kier alpha value is -2.77. The Morgan fingerprint density at radius 1 is 1.15 bits per heavy atom. The van der Waals surface area contributed by atoms with E-state index in [4.69, 9.17) is 10.5 Å². The summed E-state index contributed by atoms with van der Waals surface area (Å²) in [5.41, 5.74) is 6.73. The van der Waals surface area contributed by atoms with Crippen molar-refractivity contribution in [3.8, 4) is 10.9 Å². The highest BCUT2D eigenvalue weighted by atomic mass is 32.1. The van der Waals surface area contributed by atoms with Gasteiger partial charge in [0.25, 0.3) is 5.19 Å². The van der Waals surface area contributed by atoms with Crippen LogP contribution in [0.1, 0.15) is 20.8 Å². The Kier molecular flexibility index (Phi) is 5.93. The highest BCUT2D eigenvalue weighted by Gasteiger charge is 2.06. The van der Waals surface area contributed by atoms with Crippen LogP contribution in [0.4, 0.5) is 4.39 Å². The van der Waals surface area contributed by atoms with Crippen LogP contribution in [0.3, 0.4) is 0 Å². The summed E-state index contributed by atoms with van der Waals surface area (Å²) in [4.78, 5) is 16.3. The van der Waals surface area contributed by atoms with Crippen molar-refractivity contribution < 1.29 is 13.9 Å². The summed E-state index contributed by atoms with van der Waals surface area (Å²) in [5, 5.41) is 3.87. The molecule has 0 unspecified atom stereocenters. The second-order valence-corrected chi connectivity index (χ2v) is 6.71. The van der Waals surface area contributed by atoms with Crippen LogP contribution in [-0.2, 0) is 13.0 Å². The van der Waals surface area contributed by atoms with Crippen molar-refractivity contribution in [3.63, 3.8) is 0 Å². The lowest BCUT2D eigenvalue weighted by Crippen LogP contribution is -2.15. The molecule has 1 amide bonds. The van der Waals surface area contributed by atoms with E-state index in [0.29, 0.717) is 23.1 Å². The van der Waals surface area contributed by atoms with Gasteiger partial charge < -0.3 is 15.8 Å². The van der Waals surface area contributed by atoms with Gasteiger partial charge in [-0.2, -0.15) is 0 Å². The molecule has 0 bridgehead atoms. The quantitative estimate of drug-likeness (QED) is 0.594. The van der Waals surface area contributed by atoms with Crippen molar-refractivity contribution in [2.75, 3.05) is 6.54 Å². The van der Waals surface area contributed by atoms with Gasteiger partial charge in [0.1, 0.15) is 11.6 Å². The standard InChI is InChI=1S/C19H18FN3O2S/c20-15-5-1-13(2-6-15)9-10-22-11-17-12-23-19(26-17)25-16-7-3-14(4-8-16)18(21)24/h1-8,12,22H,9-11H2,(H2,21,24). The van der Waals surface area contributed by atoms with Gasteiger partial charge in [-0.3, -0.25) is 4.79 Å². The maximum Gasteiger partial charge on any atom is 0.278 e. The summed E-state index contributed by atoms with van der Waals surface area (Å²) in [5.74, 6) is -0.0943. The van der Waals surface area contributed by atoms with Crippen LogP contribution in [-0.4, -0.2) is 17.4 Å². The van der Waals surface area contributed by atoms with Crippen LogP contribution < -0.4 is 15.8 Å². The second kappa shape index (κ2) is 8.55. The van der Waals surface area contributed by atoms with Crippen LogP contribution in [0.5, 0.6) is 10.9 Å². The maximum absolute atomic E-state index is 12.9. The normalized spacial score (nSPS) is 10.7. The van der Waals surface area contributed by atoms with Crippen LogP contribution >= 0.6 is 11.3 Å². The van der Waals surface area contributed by atoms with Crippen molar-refractivity contribution >= 4 is 17.2 Å². The lowest BCUT2D eigenvalue weighted by molar-refractivity contribution is 0.100. The molecule has 0 atom stereocenters. The number of halogens is 1. The molecule has 3 N–H and O–H groups in total. The first-order valence-electron chi connectivity index (χ1n) is 8.08. The number of carbonyl (C=O) groups is 1. The van der Waals surface area contributed by atoms with Crippen LogP contribution in [0.2, 0.25) is 0 Å². The molecule has 2 aromatic carbocycles. The second-order valence-electron chi connectivity index (χ2n) is 5.64. The number of nitrogens with zero attached hydrogens (tertiary/aromatic N) is 1. The van der Waals surface area contributed by atoms with Crippen molar-refractivity contribution in [1.29, 1.82) is 0 Å². The van der Waals surface area contributed by atoms with Gasteiger partial charge in [-0.05, 0) is 54.9 Å². The number of carbonyl (C=O) groups excluding carboxylic acids is 1. The minimum absolute atomic E-state index is 0.219. The third-order valence-electron chi connectivity index (χ3n) is 3.68. The van der Waals surface area contributed by atoms with Gasteiger partial charge in [0, 0.05) is 23.2 Å². The number of nitrogens with one attached hydrogen (secondary N) is 1. The Balaban J connectivity index is 1.45. The number of amides is 1. The van der Waals surface area contributed by atoms with Crippen molar-refractivity contribution in [1.82, 2.24) is 10.3 Å². The van der Waals surface area contributed by atoms with E-state index in [1.54, 1.807) is 42.6 Å². The molecular formula is C19H18FN3O2S. The van der Waals surface area contributed by atoms with E-state index in [1.807, 2.05) is 0 Å². The van der Waals surface area contributed by atoms with Gasteiger partial charge in [-0.1, -0.05) is 23.5 Å². The first kappa shape index (κ1) is 18.0. The van der Waals surface area contributed by atoms with E-state index in [0.717, 1.165) is 23.4 Å². The van der Waals surface area contributed by atoms with Crippen molar-refractivity contribution in [2.24, 2.45) is 5.73 Å². The fourth-order valence-electron chi connectivity index (χ4n) is 2.30. The number of thiazole rings is 1. The summed E-state index contributed by atoms with van der Waals surface area (Å²) >= 11 is 1.45.